The van der Waals surface area contributed by atoms with Gasteiger partial charge in [-0.2, -0.15) is 0 Å². The molecule has 5 rings (SSSR count). The summed E-state index contributed by atoms with van der Waals surface area (Å²) in [5.41, 5.74) is 6.52. The molecule has 33 heavy (non-hydrogen) atoms. The number of likely N-dealkylation sites (tertiary alicyclic amines) is 1. The Morgan fingerprint density at radius 2 is 1.91 bits per heavy atom. The van der Waals surface area contributed by atoms with E-state index in [1.54, 1.807) is 41.7 Å². The number of imide groups is 1. The molecule has 4 amide bonds. The first-order chi connectivity index (χ1) is 15.6. The number of hydrogen-bond acceptors (Lipinski definition) is 4. The topological polar surface area (TPSA) is 126 Å². The number of quaternary nitrogens is 1. The first kappa shape index (κ1) is 21.9. The van der Waals surface area contributed by atoms with Crippen LogP contribution in [0.25, 0.3) is 0 Å². The summed E-state index contributed by atoms with van der Waals surface area (Å²) in [4.78, 5) is 53.7. The molecule has 2 aromatic rings. The van der Waals surface area contributed by atoms with Gasteiger partial charge in [0.05, 0.1) is 18.7 Å². The molecule has 3 aliphatic rings. The number of nitrogens with one attached hydrogen (secondary N) is 1. The highest BCUT2D eigenvalue weighted by Gasteiger charge is 2.74. The van der Waals surface area contributed by atoms with Crippen LogP contribution in [0.2, 0.25) is 10.0 Å². The van der Waals surface area contributed by atoms with Crippen molar-refractivity contribution >= 4 is 52.5 Å². The Hall–Kier alpha value is -2.94. The number of carbonyl (C=O) groups excluding carboxylic acids is 4. The van der Waals surface area contributed by atoms with Crippen molar-refractivity contribution < 1.29 is 24.5 Å². The molecule has 1 spiro atoms. The molecule has 0 bridgehead atoms. The first-order valence-corrected chi connectivity index (χ1v) is 11.3. The van der Waals surface area contributed by atoms with Gasteiger partial charge in [-0.05, 0) is 36.2 Å². The third-order valence-corrected chi connectivity index (χ3v) is 7.54. The van der Waals surface area contributed by atoms with Gasteiger partial charge in [0.2, 0.25) is 23.3 Å². The van der Waals surface area contributed by atoms with E-state index in [1.165, 1.54) is 0 Å². The fraction of sp³-hybridized carbons (Fsp3) is 0.304. The summed E-state index contributed by atoms with van der Waals surface area (Å²) in [7, 11) is 0. The van der Waals surface area contributed by atoms with Gasteiger partial charge < -0.3 is 16.4 Å². The molecule has 2 saturated heterocycles. The van der Waals surface area contributed by atoms with Crippen LogP contribution >= 0.6 is 23.2 Å². The van der Waals surface area contributed by atoms with Gasteiger partial charge in [-0.25, -0.2) is 0 Å². The number of primary amides is 1. The van der Waals surface area contributed by atoms with Gasteiger partial charge in [0, 0.05) is 15.6 Å². The van der Waals surface area contributed by atoms with Crippen molar-refractivity contribution in [1.82, 2.24) is 4.90 Å². The molecular weight excluding hydrogens is 467 g/mol. The van der Waals surface area contributed by atoms with E-state index in [9.17, 15) is 19.2 Å². The summed E-state index contributed by atoms with van der Waals surface area (Å²) in [5.74, 6) is -3.83. The van der Waals surface area contributed by atoms with Gasteiger partial charge >= 0.3 is 0 Å². The second-order valence-corrected chi connectivity index (χ2v) is 9.67. The van der Waals surface area contributed by atoms with Crippen LogP contribution in [0.5, 0.6) is 0 Å². The number of benzene rings is 2. The lowest BCUT2D eigenvalue weighted by atomic mass is 9.76. The number of hydrogen-bond donors (Lipinski definition) is 3. The summed E-state index contributed by atoms with van der Waals surface area (Å²) in [6, 6.07) is 9.64. The van der Waals surface area contributed by atoms with Gasteiger partial charge in [0.25, 0.3) is 5.91 Å². The quantitative estimate of drug-likeness (QED) is 0.557. The number of rotatable bonds is 4. The van der Waals surface area contributed by atoms with Crippen LogP contribution in [0.4, 0.5) is 5.69 Å². The normalized spacial score (nSPS) is 27.8. The SMILES string of the molecule is Cc1cc(Cl)cc2c1NC(=O)[C@@]21[NH2+][C@@H](CC(N)=O)[C@H]2C(=O)N(Cc3ccccc3Cl)C(=O)[C@H]21. The van der Waals surface area contributed by atoms with Crippen molar-refractivity contribution in [3.63, 3.8) is 0 Å². The summed E-state index contributed by atoms with van der Waals surface area (Å²) >= 11 is 12.6. The average Bonchev–Trinajstić information content (AvgIpc) is 3.30. The number of fused-ring (bicyclic) bond motifs is 4. The fourth-order valence-electron chi connectivity index (χ4n) is 5.63. The van der Waals surface area contributed by atoms with E-state index in [4.69, 9.17) is 28.9 Å². The lowest BCUT2D eigenvalue weighted by Gasteiger charge is -2.26. The molecule has 4 atom stereocenters. The van der Waals surface area contributed by atoms with Crippen molar-refractivity contribution in [3.8, 4) is 0 Å². The molecule has 3 aliphatic heterocycles. The number of anilines is 1. The highest BCUT2D eigenvalue weighted by molar-refractivity contribution is 6.31. The van der Waals surface area contributed by atoms with Crippen LogP contribution in [0.3, 0.4) is 0 Å². The van der Waals surface area contributed by atoms with Crippen molar-refractivity contribution in [2.45, 2.75) is 31.5 Å². The predicted octanol–water partition coefficient (Wildman–Crippen LogP) is 1.07. The number of nitrogens with zero attached hydrogens (tertiary/aromatic N) is 1. The Balaban J connectivity index is 1.64. The number of carbonyl (C=O) groups is 4. The second-order valence-electron chi connectivity index (χ2n) is 8.83. The van der Waals surface area contributed by atoms with Crippen molar-refractivity contribution in [2.75, 3.05) is 5.32 Å². The Kier molecular flexibility index (Phi) is 5.00. The maximum absolute atomic E-state index is 13.7. The maximum atomic E-state index is 13.7. The molecular formula is C23H21Cl2N4O4+. The second kappa shape index (κ2) is 7.55. The lowest BCUT2D eigenvalue weighted by molar-refractivity contribution is -0.732. The van der Waals surface area contributed by atoms with E-state index in [-0.39, 0.29) is 13.0 Å². The molecule has 3 heterocycles. The van der Waals surface area contributed by atoms with Gasteiger partial charge in [-0.1, -0.05) is 41.4 Å². The third-order valence-electron chi connectivity index (χ3n) is 6.95. The first-order valence-electron chi connectivity index (χ1n) is 10.5. The minimum atomic E-state index is -1.42. The number of nitrogens with two attached hydrogens (primary N) is 2. The van der Waals surface area contributed by atoms with Gasteiger partial charge in [-0.3, -0.25) is 24.1 Å². The van der Waals surface area contributed by atoms with Crippen LogP contribution in [-0.2, 0) is 31.3 Å². The van der Waals surface area contributed by atoms with Crippen molar-refractivity contribution in [2.24, 2.45) is 17.6 Å². The minimum Gasteiger partial charge on any atom is -0.369 e. The minimum absolute atomic E-state index is 0.0211. The zero-order chi connectivity index (χ0) is 23.7. The molecule has 10 heteroatoms. The maximum Gasteiger partial charge on any atom is 0.291 e. The molecule has 2 fully saturated rings. The molecule has 0 unspecified atom stereocenters. The Morgan fingerprint density at radius 1 is 1.18 bits per heavy atom. The molecule has 0 aliphatic carbocycles. The smallest absolute Gasteiger partial charge is 0.291 e. The molecule has 0 saturated carbocycles. The summed E-state index contributed by atoms with van der Waals surface area (Å²) < 4.78 is 0. The molecule has 2 aromatic carbocycles. The van der Waals surface area contributed by atoms with Gasteiger partial charge in [0.1, 0.15) is 17.9 Å². The van der Waals surface area contributed by atoms with Crippen LogP contribution in [0.15, 0.2) is 36.4 Å². The number of aryl methyl sites for hydroxylation is 1. The molecule has 0 aromatic heterocycles. The average molecular weight is 488 g/mol. The summed E-state index contributed by atoms with van der Waals surface area (Å²) in [6.45, 7) is 1.79. The highest BCUT2D eigenvalue weighted by atomic mass is 35.5. The lowest BCUT2D eigenvalue weighted by Crippen LogP contribution is -2.99. The van der Waals surface area contributed by atoms with E-state index in [0.717, 1.165) is 10.5 Å². The van der Waals surface area contributed by atoms with Crippen LogP contribution in [0, 0.1) is 18.8 Å². The largest absolute Gasteiger partial charge is 0.369 e. The Labute approximate surface area is 199 Å². The zero-order valence-electron chi connectivity index (χ0n) is 17.6. The van der Waals surface area contributed by atoms with Crippen molar-refractivity contribution in [1.29, 1.82) is 0 Å². The van der Waals surface area contributed by atoms with E-state index >= 15 is 0 Å². The van der Waals surface area contributed by atoms with E-state index in [2.05, 4.69) is 5.32 Å². The van der Waals surface area contributed by atoms with E-state index in [1.807, 2.05) is 6.92 Å². The standard InChI is InChI=1S/C23H20Cl2N4O4/c1-10-6-12(24)7-13-19(10)27-22(33)23(13)18-17(15(28-23)8-16(26)30)20(31)29(21(18)32)9-11-4-2-3-5-14(11)25/h2-7,15,17-18,28H,8-9H2,1H3,(H2,26,30)(H,27,33)/p+1/t15-,17+,18-,23+/m0/s1. The predicted molar refractivity (Wildman–Crippen MR) is 120 cm³/mol. The highest BCUT2D eigenvalue weighted by Crippen LogP contribution is 2.51. The van der Waals surface area contributed by atoms with Crippen LogP contribution < -0.4 is 16.4 Å². The summed E-state index contributed by atoms with van der Waals surface area (Å²) in [6.07, 6.45) is -0.149. The number of amides is 4. The fourth-order valence-corrected chi connectivity index (χ4v) is 6.09. The molecule has 8 nitrogen and oxygen atoms in total. The monoisotopic (exact) mass is 487 g/mol. The number of halogens is 2. The zero-order valence-corrected chi connectivity index (χ0v) is 19.1. The molecule has 5 N–H and O–H groups in total. The Morgan fingerprint density at radius 3 is 2.61 bits per heavy atom. The van der Waals surface area contributed by atoms with E-state index in [0.29, 0.717) is 26.9 Å². The third kappa shape index (κ3) is 3.08. The van der Waals surface area contributed by atoms with E-state index < -0.39 is 47.0 Å². The molecule has 0 radical (unpaired) electrons. The Bertz CT molecular complexity index is 1250. The van der Waals surface area contributed by atoms with Crippen molar-refractivity contribution in [3.05, 3.63) is 63.1 Å². The molecule has 170 valence electrons. The van der Waals surface area contributed by atoms with Gasteiger partial charge in [0.15, 0.2) is 0 Å². The summed E-state index contributed by atoms with van der Waals surface area (Å²) in [5, 5.41) is 5.37. The van der Waals surface area contributed by atoms with Crippen LogP contribution in [-0.4, -0.2) is 34.6 Å². The van der Waals surface area contributed by atoms with Crippen LogP contribution in [0.1, 0.15) is 23.1 Å². The van der Waals surface area contributed by atoms with Gasteiger partial charge in [-0.15, -0.1) is 0 Å².